The van der Waals surface area contributed by atoms with Crippen LogP contribution in [0.15, 0.2) is 47.2 Å². The maximum atomic E-state index is 11.5. The Balaban J connectivity index is 1.63. The molecule has 0 radical (unpaired) electrons. The van der Waals surface area contributed by atoms with Gasteiger partial charge in [-0.2, -0.15) is 0 Å². The number of furan rings is 1. The molecule has 0 aliphatic carbocycles. The number of amides is 1. The minimum atomic E-state index is -0.0673. The number of hydrogen-bond acceptors (Lipinski definition) is 4. The van der Waals surface area contributed by atoms with Crippen molar-refractivity contribution < 1.29 is 9.21 Å². The molecule has 1 amide bonds. The van der Waals surface area contributed by atoms with E-state index in [0.29, 0.717) is 13.1 Å². The summed E-state index contributed by atoms with van der Waals surface area (Å²) in [6.07, 6.45) is 3.31. The van der Waals surface area contributed by atoms with Crippen LogP contribution >= 0.6 is 0 Å². The third kappa shape index (κ3) is 4.03. The van der Waals surface area contributed by atoms with Crippen molar-refractivity contribution in [3.05, 3.63) is 54.2 Å². The fraction of sp³-hybridized carbons (Fsp3) is 0.231. The summed E-state index contributed by atoms with van der Waals surface area (Å²) in [4.78, 5) is 15.6. The summed E-state index contributed by atoms with van der Waals surface area (Å²) in [6.45, 7) is 1.25. The van der Waals surface area contributed by atoms with Gasteiger partial charge in [0.15, 0.2) is 0 Å². The van der Waals surface area contributed by atoms with E-state index in [9.17, 15) is 4.79 Å². The molecule has 2 N–H and O–H groups in total. The third-order valence-electron chi connectivity index (χ3n) is 2.36. The molecule has 0 saturated carbocycles. The summed E-state index contributed by atoms with van der Waals surface area (Å²) in [5.41, 5.74) is 0.913. The van der Waals surface area contributed by atoms with Crippen LogP contribution in [0.1, 0.15) is 11.5 Å². The van der Waals surface area contributed by atoms with Gasteiger partial charge in [0, 0.05) is 12.7 Å². The minimum absolute atomic E-state index is 0.0673. The number of nitrogens with zero attached hydrogens (tertiary/aromatic N) is 1. The van der Waals surface area contributed by atoms with Crippen molar-refractivity contribution in [2.75, 3.05) is 6.54 Å². The highest BCUT2D eigenvalue weighted by Crippen LogP contribution is 1.98. The zero-order chi connectivity index (χ0) is 12.6. The standard InChI is InChI=1S/C13H15N3O2/c17-13(16-9-12-5-3-7-18-12)10-14-8-11-4-1-2-6-15-11/h1-7,14H,8-10H2,(H,16,17). The van der Waals surface area contributed by atoms with Crippen molar-refractivity contribution in [1.82, 2.24) is 15.6 Å². The molecule has 0 aromatic carbocycles. The molecule has 2 heterocycles. The van der Waals surface area contributed by atoms with Gasteiger partial charge in [-0.1, -0.05) is 6.07 Å². The molecule has 5 nitrogen and oxygen atoms in total. The molecule has 0 saturated heterocycles. The van der Waals surface area contributed by atoms with E-state index >= 15 is 0 Å². The number of rotatable bonds is 6. The number of pyridine rings is 1. The predicted octanol–water partition coefficient (Wildman–Crippen LogP) is 1.08. The van der Waals surface area contributed by atoms with E-state index < -0.39 is 0 Å². The van der Waals surface area contributed by atoms with E-state index in [0.717, 1.165) is 11.5 Å². The lowest BCUT2D eigenvalue weighted by Gasteiger charge is -2.05. The maximum Gasteiger partial charge on any atom is 0.234 e. The summed E-state index contributed by atoms with van der Waals surface area (Å²) >= 11 is 0. The second-order valence-electron chi connectivity index (χ2n) is 3.78. The number of aromatic nitrogens is 1. The Hall–Kier alpha value is -2.14. The molecule has 0 aliphatic heterocycles. The summed E-state index contributed by atoms with van der Waals surface area (Å²) in [7, 11) is 0. The molecule has 2 aromatic heterocycles. The van der Waals surface area contributed by atoms with Gasteiger partial charge in [0.1, 0.15) is 5.76 Å². The van der Waals surface area contributed by atoms with E-state index in [2.05, 4.69) is 15.6 Å². The molecule has 0 spiro atoms. The van der Waals surface area contributed by atoms with Crippen LogP contribution in [0.4, 0.5) is 0 Å². The quantitative estimate of drug-likeness (QED) is 0.799. The van der Waals surface area contributed by atoms with Crippen molar-refractivity contribution in [3.8, 4) is 0 Å². The highest BCUT2D eigenvalue weighted by Gasteiger charge is 2.02. The first-order chi connectivity index (χ1) is 8.84. The molecule has 0 atom stereocenters. The van der Waals surface area contributed by atoms with Gasteiger partial charge in [-0.3, -0.25) is 9.78 Å². The van der Waals surface area contributed by atoms with Crippen LogP contribution in [0, 0.1) is 0 Å². The minimum Gasteiger partial charge on any atom is -0.467 e. The lowest BCUT2D eigenvalue weighted by Crippen LogP contribution is -2.33. The van der Waals surface area contributed by atoms with Gasteiger partial charge in [-0.25, -0.2) is 0 Å². The zero-order valence-corrected chi connectivity index (χ0v) is 9.93. The van der Waals surface area contributed by atoms with E-state index in [1.165, 1.54) is 0 Å². The summed E-state index contributed by atoms with van der Waals surface area (Å²) < 4.78 is 5.11. The van der Waals surface area contributed by atoms with Crippen molar-refractivity contribution in [2.24, 2.45) is 0 Å². The van der Waals surface area contributed by atoms with Crippen LogP contribution in [0.25, 0.3) is 0 Å². The number of carbonyl (C=O) groups is 1. The van der Waals surface area contributed by atoms with Crippen molar-refractivity contribution in [1.29, 1.82) is 0 Å². The summed E-state index contributed by atoms with van der Waals surface area (Å²) in [6, 6.07) is 9.30. The van der Waals surface area contributed by atoms with Crippen molar-refractivity contribution in [2.45, 2.75) is 13.1 Å². The topological polar surface area (TPSA) is 67.2 Å². The highest BCUT2D eigenvalue weighted by molar-refractivity contribution is 5.77. The summed E-state index contributed by atoms with van der Waals surface area (Å²) in [5, 5.41) is 5.78. The predicted molar refractivity (Wildman–Crippen MR) is 66.5 cm³/mol. The second kappa shape index (κ2) is 6.56. The van der Waals surface area contributed by atoms with Crippen LogP contribution in [0.3, 0.4) is 0 Å². The van der Waals surface area contributed by atoms with Gasteiger partial charge in [0.05, 0.1) is 25.0 Å². The first-order valence-corrected chi connectivity index (χ1v) is 5.74. The molecule has 2 rings (SSSR count). The molecular weight excluding hydrogens is 230 g/mol. The Morgan fingerprint density at radius 3 is 2.89 bits per heavy atom. The summed E-state index contributed by atoms with van der Waals surface area (Å²) in [5.74, 6) is 0.676. The molecule has 18 heavy (non-hydrogen) atoms. The van der Waals surface area contributed by atoms with Crippen LogP contribution in [-0.4, -0.2) is 17.4 Å². The zero-order valence-electron chi connectivity index (χ0n) is 9.93. The van der Waals surface area contributed by atoms with Gasteiger partial charge in [0.2, 0.25) is 5.91 Å². The molecule has 5 heteroatoms. The van der Waals surface area contributed by atoms with E-state index in [-0.39, 0.29) is 12.5 Å². The van der Waals surface area contributed by atoms with Crippen LogP contribution in [0.5, 0.6) is 0 Å². The van der Waals surface area contributed by atoms with E-state index in [1.54, 1.807) is 18.5 Å². The number of hydrogen-bond donors (Lipinski definition) is 2. The van der Waals surface area contributed by atoms with Crippen molar-refractivity contribution >= 4 is 5.91 Å². The number of nitrogens with one attached hydrogen (secondary N) is 2. The average molecular weight is 245 g/mol. The van der Waals surface area contributed by atoms with Crippen LogP contribution in [0.2, 0.25) is 0 Å². The largest absolute Gasteiger partial charge is 0.467 e. The second-order valence-corrected chi connectivity index (χ2v) is 3.78. The average Bonchev–Trinajstić information content (AvgIpc) is 2.91. The first-order valence-electron chi connectivity index (χ1n) is 5.74. The number of carbonyl (C=O) groups excluding carboxylic acids is 1. The Bertz CT molecular complexity index is 468. The van der Waals surface area contributed by atoms with E-state index in [1.807, 2.05) is 24.3 Å². The van der Waals surface area contributed by atoms with Crippen molar-refractivity contribution in [3.63, 3.8) is 0 Å². The van der Waals surface area contributed by atoms with Crippen LogP contribution in [-0.2, 0) is 17.9 Å². The smallest absolute Gasteiger partial charge is 0.234 e. The SMILES string of the molecule is O=C(CNCc1ccccn1)NCc1ccco1. The van der Waals surface area contributed by atoms with Gasteiger partial charge >= 0.3 is 0 Å². The van der Waals surface area contributed by atoms with Gasteiger partial charge in [0.25, 0.3) is 0 Å². The van der Waals surface area contributed by atoms with Gasteiger partial charge in [-0.15, -0.1) is 0 Å². The molecule has 94 valence electrons. The molecule has 0 unspecified atom stereocenters. The molecule has 0 fully saturated rings. The molecule has 0 aliphatic rings. The lowest BCUT2D eigenvalue weighted by molar-refractivity contribution is -0.120. The Morgan fingerprint density at radius 2 is 2.17 bits per heavy atom. The Kier molecular flexibility index (Phi) is 4.49. The first kappa shape index (κ1) is 12.3. The molecule has 2 aromatic rings. The maximum absolute atomic E-state index is 11.5. The monoisotopic (exact) mass is 245 g/mol. The molecular formula is C13H15N3O2. The van der Waals surface area contributed by atoms with Crippen LogP contribution < -0.4 is 10.6 Å². The van der Waals surface area contributed by atoms with Gasteiger partial charge in [-0.05, 0) is 24.3 Å². The lowest BCUT2D eigenvalue weighted by atomic mass is 10.3. The Labute approximate surface area is 105 Å². The van der Waals surface area contributed by atoms with E-state index in [4.69, 9.17) is 4.42 Å². The normalized spacial score (nSPS) is 10.2. The fourth-order valence-electron chi connectivity index (χ4n) is 1.47. The Morgan fingerprint density at radius 1 is 1.22 bits per heavy atom. The fourth-order valence-corrected chi connectivity index (χ4v) is 1.47. The van der Waals surface area contributed by atoms with Gasteiger partial charge < -0.3 is 15.1 Å². The highest BCUT2D eigenvalue weighted by atomic mass is 16.3. The third-order valence-corrected chi connectivity index (χ3v) is 2.36. The molecule has 0 bridgehead atoms.